The van der Waals surface area contributed by atoms with Crippen molar-refractivity contribution in [3.8, 4) is 0 Å². The number of carboxylic acid groups (broad SMARTS) is 1. The molecule has 19 heavy (non-hydrogen) atoms. The molecule has 2 atom stereocenters. The lowest BCUT2D eigenvalue weighted by Crippen LogP contribution is -2.56. The smallest absolute Gasteiger partial charge is 0.323 e. The van der Waals surface area contributed by atoms with Gasteiger partial charge in [0.1, 0.15) is 5.54 Å². The Balaban J connectivity index is 2.50. The Labute approximate surface area is 117 Å². The molecular weight excluding hydrogens is 242 g/mol. The zero-order valence-electron chi connectivity index (χ0n) is 12.9. The van der Waals surface area contributed by atoms with Crippen LogP contribution in [0.1, 0.15) is 34.1 Å². The largest absolute Gasteiger partial charge is 0.480 e. The van der Waals surface area contributed by atoms with Crippen molar-refractivity contribution < 1.29 is 9.90 Å². The number of hydrogen-bond acceptors (Lipinski definition) is 4. The molecule has 1 aliphatic heterocycles. The molecule has 5 nitrogen and oxygen atoms in total. The maximum absolute atomic E-state index is 11.5. The minimum atomic E-state index is -0.833. The SMILES string of the molecule is CC(C)NC(C)(CCN1CCN(C)C(C)C1)C(=O)O. The second-order valence-electron chi connectivity index (χ2n) is 6.32. The van der Waals surface area contributed by atoms with Crippen LogP contribution in [-0.2, 0) is 4.79 Å². The van der Waals surface area contributed by atoms with E-state index in [4.69, 9.17) is 0 Å². The zero-order chi connectivity index (χ0) is 14.6. The predicted octanol–water partition coefficient (Wildman–Crippen LogP) is 0.854. The Hall–Kier alpha value is -0.650. The van der Waals surface area contributed by atoms with Crippen LogP contribution in [0.2, 0.25) is 0 Å². The van der Waals surface area contributed by atoms with E-state index < -0.39 is 11.5 Å². The van der Waals surface area contributed by atoms with Crippen LogP contribution in [0, 0.1) is 0 Å². The number of carboxylic acids is 1. The fourth-order valence-corrected chi connectivity index (χ4v) is 2.59. The third kappa shape index (κ3) is 4.75. The normalized spacial score (nSPS) is 25.5. The summed E-state index contributed by atoms with van der Waals surface area (Å²) in [6.45, 7) is 11.9. The van der Waals surface area contributed by atoms with Gasteiger partial charge in [-0.3, -0.25) is 10.1 Å². The molecule has 2 N–H and O–H groups in total. The van der Waals surface area contributed by atoms with Crippen molar-refractivity contribution in [3.05, 3.63) is 0 Å². The summed E-state index contributed by atoms with van der Waals surface area (Å²) in [4.78, 5) is 16.2. The number of piperazine rings is 1. The highest BCUT2D eigenvalue weighted by molar-refractivity contribution is 5.78. The van der Waals surface area contributed by atoms with Gasteiger partial charge < -0.3 is 14.9 Å². The van der Waals surface area contributed by atoms with Gasteiger partial charge in [-0.1, -0.05) is 0 Å². The van der Waals surface area contributed by atoms with Crippen LogP contribution in [0.4, 0.5) is 0 Å². The fraction of sp³-hybridized carbons (Fsp3) is 0.929. The lowest BCUT2D eigenvalue weighted by Gasteiger charge is -2.39. The lowest BCUT2D eigenvalue weighted by molar-refractivity contribution is -0.145. The first kappa shape index (κ1) is 16.4. The highest BCUT2D eigenvalue weighted by Crippen LogP contribution is 2.15. The standard InChI is InChI=1S/C14H29N3O2/c1-11(2)15-14(4,13(18)19)6-7-17-9-8-16(5)12(3)10-17/h11-12,15H,6-10H2,1-5H3,(H,18,19). The van der Waals surface area contributed by atoms with Crippen molar-refractivity contribution in [1.82, 2.24) is 15.1 Å². The van der Waals surface area contributed by atoms with Gasteiger partial charge in [0.15, 0.2) is 0 Å². The molecule has 112 valence electrons. The molecule has 0 aromatic heterocycles. The van der Waals surface area contributed by atoms with Gasteiger partial charge in [0, 0.05) is 38.3 Å². The third-order valence-electron chi connectivity index (χ3n) is 4.05. The van der Waals surface area contributed by atoms with Crippen molar-refractivity contribution in [3.63, 3.8) is 0 Å². The quantitative estimate of drug-likeness (QED) is 0.750. The van der Waals surface area contributed by atoms with Gasteiger partial charge in [-0.15, -0.1) is 0 Å². The van der Waals surface area contributed by atoms with Crippen LogP contribution >= 0.6 is 0 Å². The number of likely N-dealkylation sites (N-methyl/N-ethyl adjacent to an activating group) is 1. The first-order valence-corrected chi connectivity index (χ1v) is 7.18. The van der Waals surface area contributed by atoms with Gasteiger partial charge in [0.05, 0.1) is 0 Å². The van der Waals surface area contributed by atoms with Crippen LogP contribution in [-0.4, -0.2) is 71.7 Å². The molecule has 1 fully saturated rings. The van der Waals surface area contributed by atoms with E-state index in [9.17, 15) is 9.90 Å². The van der Waals surface area contributed by atoms with Crippen LogP contribution < -0.4 is 5.32 Å². The number of nitrogens with zero attached hydrogens (tertiary/aromatic N) is 2. The first-order valence-electron chi connectivity index (χ1n) is 7.18. The number of aliphatic carboxylic acids is 1. The molecule has 2 unspecified atom stereocenters. The summed E-state index contributed by atoms with van der Waals surface area (Å²) in [7, 11) is 2.14. The fourth-order valence-electron chi connectivity index (χ4n) is 2.59. The topological polar surface area (TPSA) is 55.8 Å². The van der Waals surface area contributed by atoms with Gasteiger partial charge >= 0.3 is 5.97 Å². The van der Waals surface area contributed by atoms with Crippen molar-refractivity contribution in [1.29, 1.82) is 0 Å². The summed E-state index contributed by atoms with van der Waals surface area (Å²) in [6.07, 6.45) is 0.636. The minimum Gasteiger partial charge on any atom is -0.480 e. The summed E-state index contributed by atoms with van der Waals surface area (Å²) in [6, 6.07) is 0.718. The van der Waals surface area contributed by atoms with Crippen LogP contribution in [0.25, 0.3) is 0 Å². The lowest BCUT2D eigenvalue weighted by atomic mass is 9.96. The van der Waals surface area contributed by atoms with Gasteiger partial charge in [-0.25, -0.2) is 0 Å². The molecule has 0 bridgehead atoms. The summed E-state index contributed by atoms with van der Waals surface area (Å²) < 4.78 is 0. The van der Waals surface area contributed by atoms with Gasteiger partial charge in [0.25, 0.3) is 0 Å². The number of carbonyl (C=O) groups is 1. The molecule has 1 aliphatic rings. The summed E-state index contributed by atoms with van der Waals surface area (Å²) in [5.74, 6) is -0.761. The predicted molar refractivity (Wildman–Crippen MR) is 77.5 cm³/mol. The van der Waals surface area contributed by atoms with E-state index in [0.29, 0.717) is 12.5 Å². The van der Waals surface area contributed by atoms with E-state index in [0.717, 1.165) is 26.2 Å². The molecule has 1 saturated heterocycles. The summed E-state index contributed by atoms with van der Waals surface area (Å²) in [5, 5.41) is 12.6. The first-order chi connectivity index (χ1) is 8.74. The second-order valence-corrected chi connectivity index (χ2v) is 6.32. The van der Waals surface area contributed by atoms with Gasteiger partial charge in [-0.05, 0) is 41.2 Å². The number of nitrogens with one attached hydrogen (secondary N) is 1. The molecule has 0 spiro atoms. The number of hydrogen-bond donors (Lipinski definition) is 2. The summed E-state index contributed by atoms with van der Waals surface area (Å²) >= 11 is 0. The molecular formula is C14H29N3O2. The molecule has 0 aromatic carbocycles. The Morgan fingerprint density at radius 2 is 2.11 bits per heavy atom. The second kappa shape index (κ2) is 6.68. The molecule has 0 aromatic rings. The molecule has 0 radical (unpaired) electrons. The molecule has 0 saturated carbocycles. The monoisotopic (exact) mass is 271 g/mol. The zero-order valence-corrected chi connectivity index (χ0v) is 12.9. The molecule has 1 heterocycles. The molecule has 5 heteroatoms. The van der Waals surface area contributed by atoms with E-state index in [1.807, 2.05) is 13.8 Å². The average molecular weight is 271 g/mol. The van der Waals surface area contributed by atoms with Gasteiger partial charge in [0.2, 0.25) is 0 Å². The van der Waals surface area contributed by atoms with E-state index in [1.54, 1.807) is 6.92 Å². The summed E-state index contributed by atoms with van der Waals surface area (Å²) in [5.41, 5.74) is -0.833. The highest BCUT2D eigenvalue weighted by atomic mass is 16.4. The van der Waals surface area contributed by atoms with E-state index in [2.05, 4.69) is 29.1 Å². The van der Waals surface area contributed by atoms with Crippen molar-refractivity contribution >= 4 is 5.97 Å². The van der Waals surface area contributed by atoms with Crippen LogP contribution in [0.5, 0.6) is 0 Å². The highest BCUT2D eigenvalue weighted by Gasteiger charge is 2.34. The van der Waals surface area contributed by atoms with Crippen LogP contribution in [0.15, 0.2) is 0 Å². The molecule has 0 aliphatic carbocycles. The molecule has 0 amide bonds. The van der Waals surface area contributed by atoms with Gasteiger partial charge in [-0.2, -0.15) is 0 Å². The van der Waals surface area contributed by atoms with Crippen LogP contribution in [0.3, 0.4) is 0 Å². The Kier molecular flexibility index (Phi) is 5.77. The van der Waals surface area contributed by atoms with E-state index in [1.165, 1.54) is 0 Å². The Morgan fingerprint density at radius 1 is 1.47 bits per heavy atom. The average Bonchev–Trinajstić information content (AvgIpc) is 2.29. The minimum absolute atomic E-state index is 0.174. The maximum Gasteiger partial charge on any atom is 0.323 e. The molecule has 1 rings (SSSR count). The Bertz CT molecular complexity index is 309. The van der Waals surface area contributed by atoms with Crippen molar-refractivity contribution in [2.24, 2.45) is 0 Å². The number of rotatable bonds is 6. The van der Waals surface area contributed by atoms with E-state index in [-0.39, 0.29) is 6.04 Å². The van der Waals surface area contributed by atoms with E-state index >= 15 is 0 Å². The maximum atomic E-state index is 11.5. The third-order valence-corrected chi connectivity index (χ3v) is 4.05. The van der Waals surface area contributed by atoms with Crippen molar-refractivity contribution in [2.75, 3.05) is 33.2 Å². The van der Waals surface area contributed by atoms with Crippen molar-refractivity contribution in [2.45, 2.75) is 51.7 Å². The Morgan fingerprint density at radius 3 is 2.58 bits per heavy atom.